The van der Waals surface area contributed by atoms with E-state index in [0.717, 1.165) is 0 Å². The topological polar surface area (TPSA) is 63.7 Å². The van der Waals surface area contributed by atoms with Crippen molar-refractivity contribution in [1.82, 2.24) is 5.06 Å². The van der Waals surface area contributed by atoms with Crippen molar-refractivity contribution in [2.45, 2.75) is 92.4 Å². The number of carbonyl (C=O) groups is 3. The summed E-state index contributed by atoms with van der Waals surface area (Å²) in [4.78, 5) is 41.6. The summed E-state index contributed by atoms with van der Waals surface area (Å²) in [6.07, 6.45) is 7.52. The first kappa shape index (κ1) is 24.9. The van der Waals surface area contributed by atoms with Gasteiger partial charge >= 0.3 is 186 Å². The predicted molar refractivity (Wildman–Crippen MR) is 122 cm³/mol. The minimum atomic E-state index is -2.72. The van der Waals surface area contributed by atoms with E-state index in [1.54, 1.807) is 6.07 Å². The van der Waals surface area contributed by atoms with Crippen molar-refractivity contribution in [2.75, 3.05) is 0 Å². The first-order valence-corrected chi connectivity index (χ1v) is 19.1. The quantitative estimate of drug-likeness (QED) is 0.277. The molecule has 166 valence electrons. The second-order valence-electron chi connectivity index (χ2n) is 8.58. The molecule has 2 amide bonds. The Balaban J connectivity index is 2.38. The Kier molecular flexibility index (Phi) is 9.85. The molecule has 1 fully saturated rings. The molecule has 0 atom stereocenters. The first-order valence-electron chi connectivity index (χ1n) is 11.6. The maximum atomic E-state index is 12.8. The van der Waals surface area contributed by atoms with Crippen LogP contribution in [0, 0.1) is 6.92 Å². The number of rotatable bonds is 12. The monoisotopic (exact) mass is 523 g/mol. The van der Waals surface area contributed by atoms with Gasteiger partial charge in [-0.1, -0.05) is 0 Å². The van der Waals surface area contributed by atoms with Gasteiger partial charge in [-0.15, -0.1) is 0 Å². The summed E-state index contributed by atoms with van der Waals surface area (Å²) in [6, 6.07) is 5.83. The van der Waals surface area contributed by atoms with E-state index in [4.69, 9.17) is 4.84 Å². The summed E-state index contributed by atoms with van der Waals surface area (Å²) in [7, 11) is 0. The molecule has 1 aromatic carbocycles. The first-order chi connectivity index (χ1) is 14.4. The molecule has 0 bridgehead atoms. The summed E-state index contributed by atoms with van der Waals surface area (Å²) in [5.74, 6) is -1.49. The van der Waals surface area contributed by atoms with Gasteiger partial charge in [-0.05, 0) is 0 Å². The fourth-order valence-electron chi connectivity index (χ4n) is 4.44. The Bertz CT molecular complexity index is 724. The third-order valence-corrected chi connectivity index (χ3v) is 22.3. The number of carbonyl (C=O) groups excluding carboxylic acids is 3. The van der Waals surface area contributed by atoms with E-state index >= 15 is 0 Å². The van der Waals surface area contributed by atoms with Gasteiger partial charge in [0, 0.05) is 0 Å². The Morgan fingerprint density at radius 3 is 1.90 bits per heavy atom. The van der Waals surface area contributed by atoms with Gasteiger partial charge in [-0.3, -0.25) is 0 Å². The van der Waals surface area contributed by atoms with E-state index < -0.39 is 36.2 Å². The van der Waals surface area contributed by atoms with E-state index in [2.05, 4.69) is 27.7 Å². The van der Waals surface area contributed by atoms with Gasteiger partial charge in [-0.2, -0.15) is 0 Å². The minimum absolute atomic E-state index is 0.107. The van der Waals surface area contributed by atoms with Crippen LogP contribution in [0.2, 0.25) is 13.3 Å². The molecule has 1 aromatic rings. The number of amides is 2. The molecule has 0 spiro atoms. The average molecular weight is 522 g/mol. The van der Waals surface area contributed by atoms with Crippen LogP contribution in [0.15, 0.2) is 18.2 Å². The molecule has 30 heavy (non-hydrogen) atoms. The van der Waals surface area contributed by atoms with Crippen molar-refractivity contribution < 1.29 is 19.2 Å². The van der Waals surface area contributed by atoms with Gasteiger partial charge in [0.1, 0.15) is 0 Å². The molecule has 0 aromatic heterocycles. The third-order valence-electron chi connectivity index (χ3n) is 6.25. The van der Waals surface area contributed by atoms with Crippen LogP contribution in [0.4, 0.5) is 0 Å². The Morgan fingerprint density at radius 2 is 1.43 bits per heavy atom. The zero-order valence-electron chi connectivity index (χ0n) is 19.1. The van der Waals surface area contributed by atoms with Crippen LogP contribution < -0.4 is 3.58 Å². The van der Waals surface area contributed by atoms with Crippen molar-refractivity contribution in [1.29, 1.82) is 0 Å². The molecule has 0 saturated carbocycles. The fraction of sp³-hybridized carbons (Fsp3) is 0.625. The molecule has 0 aliphatic carbocycles. The second-order valence-corrected chi connectivity index (χ2v) is 21.7. The van der Waals surface area contributed by atoms with Crippen molar-refractivity contribution in [3.05, 3.63) is 29.3 Å². The van der Waals surface area contributed by atoms with E-state index in [-0.39, 0.29) is 12.8 Å². The van der Waals surface area contributed by atoms with Crippen molar-refractivity contribution >= 4 is 39.7 Å². The molecule has 0 radical (unpaired) electrons. The number of unbranched alkanes of at least 4 members (excludes halogenated alkanes) is 3. The zero-order chi connectivity index (χ0) is 22.1. The van der Waals surface area contributed by atoms with Crippen LogP contribution in [0.1, 0.15) is 88.1 Å². The summed E-state index contributed by atoms with van der Waals surface area (Å²) in [5.41, 5.74) is 1.73. The van der Waals surface area contributed by atoms with E-state index in [1.807, 2.05) is 12.1 Å². The molecule has 5 nitrogen and oxygen atoms in total. The molecular weight excluding hydrogens is 485 g/mol. The number of imide groups is 1. The zero-order valence-corrected chi connectivity index (χ0v) is 21.9. The van der Waals surface area contributed by atoms with Crippen LogP contribution in [-0.2, 0) is 14.4 Å². The second kappa shape index (κ2) is 11.9. The van der Waals surface area contributed by atoms with Crippen molar-refractivity contribution in [3.63, 3.8) is 0 Å². The van der Waals surface area contributed by atoms with Crippen LogP contribution in [0.25, 0.3) is 0 Å². The van der Waals surface area contributed by atoms with Crippen LogP contribution >= 0.6 is 0 Å². The van der Waals surface area contributed by atoms with Gasteiger partial charge in [0.25, 0.3) is 0 Å². The Morgan fingerprint density at radius 1 is 0.933 bits per heavy atom. The number of nitrogens with zero attached hydrogens (tertiary/aromatic N) is 1. The molecule has 6 heteroatoms. The Labute approximate surface area is 185 Å². The molecule has 1 aliphatic rings. The SMILES string of the molecule is CCC[CH2][Sn]([CH2]CCC)([CH2]CCC)[c]1cc(C(=O)ON2C(=O)CCC2=O)ccc1C. The molecular formula is C24H37NO4Sn. The predicted octanol–water partition coefficient (Wildman–Crippen LogP) is 5.27. The number of aryl methyl sites for hydroxylation is 1. The third kappa shape index (κ3) is 6.08. The van der Waals surface area contributed by atoms with Gasteiger partial charge in [0.2, 0.25) is 0 Å². The van der Waals surface area contributed by atoms with E-state index in [9.17, 15) is 14.4 Å². The van der Waals surface area contributed by atoms with Crippen LogP contribution in [0.5, 0.6) is 0 Å². The Hall–Kier alpha value is -1.37. The molecule has 1 aliphatic heterocycles. The van der Waals surface area contributed by atoms with Gasteiger partial charge < -0.3 is 0 Å². The summed E-state index contributed by atoms with van der Waals surface area (Å²) in [6.45, 7) is 8.91. The van der Waals surface area contributed by atoms with Crippen LogP contribution in [-0.4, -0.2) is 41.2 Å². The summed E-state index contributed by atoms with van der Waals surface area (Å²) < 4.78 is 5.36. The average Bonchev–Trinajstić information content (AvgIpc) is 3.06. The standard InChI is InChI=1S/C12H10NO4.3C4H9.Sn/c1-8-2-4-9(5-3-8)12(16)17-13-10(14)6-7-11(13)15;3*1-3-4-2;/h2,4-5H,6-7H2,1H3;3*1,3-4H2,2H3;. The number of hydrogen-bond donors (Lipinski definition) is 0. The van der Waals surface area contributed by atoms with Crippen LogP contribution in [0.3, 0.4) is 0 Å². The maximum absolute atomic E-state index is 12.8. The molecule has 0 unspecified atom stereocenters. The molecule has 2 rings (SSSR count). The van der Waals surface area contributed by atoms with Crippen molar-refractivity contribution in [3.8, 4) is 0 Å². The number of hydrogen-bond acceptors (Lipinski definition) is 4. The summed E-state index contributed by atoms with van der Waals surface area (Å²) in [5, 5.41) is 0.643. The van der Waals surface area contributed by atoms with Gasteiger partial charge in [-0.25, -0.2) is 0 Å². The molecule has 1 saturated heterocycles. The number of hydroxylamine groups is 2. The van der Waals surface area contributed by atoms with E-state index in [0.29, 0.717) is 10.6 Å². The molecule has 0 N–H and O–H groups in total. The van der Waals surface area contributed by atoms with Crippen molar-refractivity contribution in [2.24, 2.45) is 0 Å². The summed E-state index contributed by atoms with van der Waals surface area (Å²) >= 11 is -2.72. The van der Waals surface area contributed by atoms with Gasteiger partial charge in [0.15, 0.2) is 0 Å². The molecule has 1 heterocycles. The van der Waals surface area contributed by atoms with E-state index in [1.165, 1.54) is 61.0 Å². The van der Waals surface area contributed by atoms with Gasteiger partial charge in [0.05, 0.1) is 0 Å². The number of benzene rings is 1. The normalized spacial score (nSPS) is 14.5. The fourth-order valence-corrected chi connectivity index (χ4v) is 21.7.